The minimum absolute atomic E-state index is 0. The predicted octanol–water partition coefficient (Wildman–Crippen LogP) is -1.33. The first-order chi connectivity index (χ1) is 9.90. The Bertz CT molecular complexity index is 736. The zero-order chi connectivity index (χ0) is 15.6. The van der Waals surface area contributed by atoms with Crippen LogP contribution in [-0.4, -0.2) is 8.41 Å². The van der Waals surface area contributed by atoms with Gasteiger partial charge in [-0.3, -0.25) is 8.78 Å². The van der Waals surface area contributed by atoms with Crippen molar-refractivity contribution < 1.29 is 73.0 Å². The Labute approximate surface area is 175 Å². The summed E-state index contributed by atoms with van der Waals surface area (Å²) in [4.78, 5) is 0. The zero-order valence-corrected chi connectivity index (χ0v) is 16.7. The molecule has 3 rings (SSSR count). The van der Waals surface area contributed by atoms with Crippen molar-refractivity contribution in [2.24, 2.45) is 0 Å². The molecule has 0 aliphatic heterocycles. The molecule has 0 aliphatic rings. The maximum atomic E-state index is 12.0. The fourth-order valence-corrected chi connectivity index (χ4v) is 1.80. The number of benzene rings is 2. The molecule has 129 valence electrons. The van der Waals surface area contributed by atoms with E-state index in [2.05, 4.69) is 43.3 Å². The minimum atomic E-state index is -2.17. The van der Waals surface area contributed by atoms with E-state index in [0.29, 0.717) is 0 Å². The summed E-state index contributed by atoms with van der Waals surface area (Å²) in [5.74, 6) is -10.0. The van der Waals surface area contributed by atoms with E-state index in [1.807, 2.05) is 0 Å². The van der Waals surface area contributed by atoms with Crippen LogP contribution >= 0.6 is 0 Å². The molecule has 0 bridgehead atoms. The Morgan fingerprint density at radius 1 is 0.840 bits per heavy atom. The predicted molar refractivity (Wildman–Crippen MR) is 75.1 cm³/mol. The molecule has 0 heterocycles. The van der Waals surface area contributed by atoms with Crippen LogP contribution in [0.2, 0.25) is 0 Å². The Morgan fingerprint density at radius 2 is 1.32 bits per heavy atom. The summed E-state index contributed by atoms with van der Waals surface area (Å²) >= 11 is 0. The van der Waals surface area contributed by atoms with Crippen LogP contribution in [0.5, 0.6) is 0 Å². The summed E-state index contributed by atoms with van der Waals surface area (Å²) in [5, 5.41) is 2.69. The SMILES string of the molecule is Cc1cc2ccccc2[cH-]1.Fc1[c-]c(F)c(F)c(F)c1F.[B].[Cl-].[Cl-].[Zr+4]. The molecule has 0 aromatic heterocycles. The molecule has 0 amide bonds. The quantitative estimate of drug-likeness (QED) is 0.126. The van der Waals surface area contributed by atoms with Crippen LogP contribution in [0.25, 0.3) is 10.8 Å². The first kappa shape index (κ1) is 29.0. The van der Waals surface area contributed by atoms with Crippen LogP contribution in [-0.2, 0) is 26.2 Å². The van der Waals surface area contributed by atoms with E-state index < -0.39 is 29.1 Å². The molecule has 0 atom stereocenters. The number of hydrogen-bond donors (Lipinski definition) is 0. The van der Waals surface area contributed by atoms with E-state index in [1.54, 1.807) is 0 Å². The van der Waals surface area contributed by atoms with Crippen molar-refractivity contribution in [1.29, 1.82) is 0 Å². The van der Waals surface area contributed by atoms with Gasteiger partial charge in [0.2, 0.25) is 0 Å². The number of fused-ring (bicyclic) bond motifs is 1. The molecule has 0 spiro atoms. The normalized spacial score (nSPS) is 8.72. The molecule has 9 heteroatoms. The molecule has 0 unspecified atom stereocenters. The summed E-state index contributed by atoms with van der Waals surface area (Å²) in [6, 6.07) is 13.9. The molecule has 0 aliphatic carbocycles. The van der Waals surface area contributed by atoms with Gasteiger partial charge in [-0.25, -0.2) is 13.2 Å². The first-order valence-corrected chi connectivity index (χ1v) is 5.93. The topological polar surface area (TPSA) is 0 Å². The van der Waals surface area contributed by atoms with Crippen molar-refractivity contribution in [2.75, 3.05) is 0 Å². The molecule has 3 aromatic rings. The fraction of sp³-hybridized carbons (Fsp3) is 0.0625. The van der Waals surface area contributed by atoms with Gasteiger partial charge in [-0.05, 0) is 0 Å². The van der Waals surface area contributed by atoms with E-state index >= 15 is 0 Å². The molecule has 0 nitrogen and oxygen atoms in total. The summed E-state index contributed by atoms with van der Waals surface area (Å²) in [5.41, 5.74) is 1.35. The standard InChI is InChI=1S/C10H9.C6F5.B.2ClH.Zr/c1-8-6-9-4-2-3-5-10(9)7-8;7-2-1-3(8)5(10)6(11)4(2)9;;;;/h2-7H,1H3;;;2*1H;/q2*-1;;;;+4/p-2. The van der Waals surface area contributed by atoms with Gasteiger partial charge < -0.3 is 24.8 Å². The molecular formula is C16H9BCl2F5Zr. The maximum Gasteiger partial charge on any atom is 4.00 e. The van der Waals surface area contributed by atoms with Crippen LogP contribution < -0.4 is 24.8 Å². The van der Waals surface area contributed by atoms with E-state index in [9.17, 15) is 22.0 Å². The van der Waals surface area contributed by atoms with Gasteiger partial charge in [0.25, 0.3) is 0 Å². The van der Waals surface area contributed by atoms with Gasteiger partial charge in [-0.15, -0.1) is 46.7 Å². The molecule has 3 aromatic carbocycles. The minimum Gasteiger partial charge on any atom is -1.00 e. The van der Waals surface area contributed by atoms with E-state index in [4.69, 9.17) is 0 Å². The van der Waals surface area contributed by atoms with Gasteiger partial charge in [-0.2, -0.15) is 6.07 Å². The van der Waals surface area contributed by atoms with Crippen molar-refractivity contribution in [3.05, 3.63) is 77.1 Å². The van der Waals surface area contributed by atoms with Gasteiger partial charge in [0.1, 0.15) is 0 Å². The fourth-order valence-electron chi connectivity index (χ4n) is 1.80. The molecule has 0 saturated carbocycles. The summed E-state index contributed by atoms with van der Waals surface area (Å²) in [6.07, 6.45) is 0. The monoisotopic (exact) mass is 467 g/mol. The zero-order valence-electron chi connectivity index (χ0n) is 12.7. The van der Waals surface area contributed by atoms with E-state index in [-0.39, 0.29) is 59.4 Å². The number of aryl methyl sites for hydroxylation is 1. The third kappa shape index (κ3) is 7.16. The van der Waals surface area contributed by atoms with Crippen LogP contribution in [0, 0.1) is 42.1 Å². The Kier molecular flexibility index (Phi) is 14.6. The van der Waals surface area contributed by atoms with Crippen molar-refractivity contribution >= 4 is 19.2 Å². The average molecular weight is 469 g/mol. The molecular weight excluding hydrogens is 460 g/mol. The van der Waals surface area contributed by atoms with Crippen molar-refractivity contribution in [2.45, 2.75) is 6.92 Å². The number of hydrogen-bond acceptors (Lipinski definition) is 0. The van der Waals surface area contributed by atoms with E-state index in [0.717, 1.165) is 6.07 Å². The van der Waals surface area contributed by atoms with Gasteiger partial charge in [0.05, 0.1) is 29.1 Å². The van der Waals surface area contributed by atoms with Crippen LogP contribution in [0.15, 0.2) is 36.4 Å². The van der Waals surface area contributed by atoms with Gasteiger partial charge >= 0.3 is 26.2 Å². The largest absolute Gasteiger partial charge is 4.00 e. The second-order valence-corrected chi connectivity index (χ2v) is 4.36. The third-order valence-corrected chi connectivity index (χ3v) is 2.75. The van der Waals surface area contributed by atoms with Crippen molar-refractivity contribution in [3.8, 4) is 0 Å². The Morgan fingerprint density at radius 3 is 1.80 bits per heavy atom. The second-order valence-electron chi connectivity index (χ2n) is 4.36. The molecule has 0 saturated heterocycles. The summed E-state index contributed by atoms with van der Waals surface area (Å²) < 4.78 is 59.9. The average Bonchev–Trinajstić information content (AvgIpc) is 2.84. The first-order valence-electron chi connectivity index (χ1n) is 5.93. The third-order valence-electron chi connectivity index (χ3n) is 2.75. The van der Waals surface area contributed by atoms with Crippen molar-refractivity contribution in [3.63, 3.8) is 0 Å². The van der Waals surface area contributed by atoms with Gasteiger partial charge in [0.15, 0.2) is 0 Å². The second kappa shape index (κ2) is 12.6. The Hall–Kier alpha value is -0.772. The molecule has 25 heavy (non-hydrogen) atoms. The van der Waals surface area contributed by atoms with Gasteiger partial charge in [-0.1, -0.05) is 13.0 Å². The Balaban J connectivity index is -0.000000334. The summed E-state index contributed by atoms with van der Waals surface area (Å²) in [6.45, 7) is 2.12. The summed E-state index contributed by atoms with van der Waals surface area (Å²) in [7, 11) is 0. The maximum absolute atomic E-state index is 12.0. The molecule has 0 fully saturated rings. The smallest absolute Gasteiger partial charge is 1.00 e. The molecule has 0 N–H and O–H groups in total. The van der Waals surface area contributed by atoms with E-state index in [1.165, 1.54) is 16.3 Å². The number of rotatable bonds is 0. The van der Waals surface area contributed by atoms with Crippen LogP contribution in [0.4, 0.5) is 22.0 Å². The van der Waals surface area contributed by atoms with Crippen molar-refractivity contribution in [1.82, 2.24) is 0 Å². The van der Waals surface area contributed by atoms with Gasteiger partial charge in [0, 0.05) is 8.41 Å². The van der Waals surface area contributed by atoms with Crippen LogP contribution in [0.3, 0.4) is 0 Å². The molecule has 3 radical (unpaired) electrons. The van der Waals surface area contributed by atoms with Crippen LogP contribution in [0.1, 0.15) is 5.56 Å². The number of halogens is 7.